The number of piperidine rings is 1. The summed E-state index contributed by atoms with van der Waals surface area (Å²) in [7, 11) is -3.52. The van der Waals surface area contributed by atoms with Crippen LogP contribution in [0.2, 0.25) is 0 Å². The van der Waals surface area contributed by atoms with Crippen molar-refractivity contribution < 1.29 is 8.42 Å². The molecular weight excluding hydrogens is 286 g/mol. The second-order valence-corrected chi connectivity index (χ2v) is 7.29. The average molecular weight is 307 g/mol. The summed E-state index contributed by atoms with van der Waals surface area (Å²) in [4.78, 5) is 0.297. The van der Waals surface area contributed by atoms with Gasteiger partial charge in [0, 0.05) is 12.6 Å². The Hall–Kier alpha value is -1.42. The van der Waals surface area contributed by atoms with Gasteiger partial charge in [0.15, 0.2) is 0 Å². The van der Waals surface area contributed by atoms with E-state index in [0.717, 1.165) is 19.3 Å². The summed E-state index contributed by atoms with van der Waals surface area (Å²) in [6, 6.07) is 6.74. The summed E-state index contributed by atoms with van der Waals surface area (Å²) < 4.78 is 27.4. The van der Waals surface area contributed by atoms with Crippen molar-refractivity contribution in [3.05, 3.63) is 29.3 Å². The van der Waals surface area contributed by atoms with Crippen LogP contribution in [0.3, 0.4) is 0 Å². The highest BCUT2D eigenvalue weighted by Gasteiger charge is 2.33. The summed E-state index contributed by atoms with van der Waals surface area (Å²) in [5.41, 5.74) is 6.71. The maximum atomic E-state index is 12.9. The van der Waals surface area contributed by atoms with Gasteiger partial charge in [0.2, 0.25) is 10.0 Å². The molecule has 2 rings (SSSR count). The van der Waals surface area contributed by atoms with Crippen LogP contribution in [-0.2, 0) is 10.0 Å². The lowest BCUT2D eigenvalue weighted by atomic mass is 10.0. The third-order valence-corrected chi connectivity index (χ3v) is 6.08. The topological polar surface area (TPSA) is 87.2 Å². The van der Waals surface area contributed by atoms with Crippen LogP contribution in [-0.4, -0.2) is 31.9 Å². The highest BCUT2D eigenvalue weighted by atomic mass is 32.2. The van der Waals surface area contributed by atoms with Crippen molar-refractivity contribution >= 4 is 10.0 Å². The van der Waals surface area contributed by atoms with Gasteiger partial charge in [0.25, 0.3) is 0 Å². The van der Waals surface area contributed by atoms with Gasteiger partial charge in [-0.3, -0.25) is 0 Å². The Morgan fingerprint density at radius 1 is 1.43 bits per heavy atom. The van der Waals surface area contributed by atoms with Crippen molar-refractivity contribution in [2.75, 3.05) is 13.1 Å². The summed E-state index contributed by atoms with van der Waals surface area (Å²) in [5, 5.41) is 8.89. The molecule has 1 atom stereocenters. The maximum absolute atomic E-state index is 12.9. The Balaban J connectivity index is 2.38. The lowest BCUT2D eigenvalue weighted by Crippen LogP contribution is -2.44. The van der Waals surface area contributed by atoms with Gasteiger partial charge in [0.05, 0.1) is 16.5 Å². The fourth-order valence-electron chi connectivity index (χ4n) is 2.91. The van der Waals surface area contributed by atoms with Crippen LogP contribution in [0.1, 0.15) is 36.8 Å². The Morgan fingerprint density at radius 2 is 2.19 bits per heavy atom. The number of hydrogen-bond acceptors (Lipinski definition) is 4. The number of benzene rings is 1. The van der Waals surface area contributed by atoms with Gasteiger partial charge in [-0.05, 0) is 56.5 Å². The summed E-state index contributed by atoms with van der Waals surface area (Å²) in [6.45, 7) is 2.77. The molecule has 1 aliphatic heterocycles. The van der Waals surface area contributed by atoms with Crippen LogP contribution >= 0.6 is 0 Å². The quantitative estimate of drug-likeness (QED) is 0.918. The van der Waals surface area contributed by atoms with Crippen LogP contribution < -0.4 is 5.73 Å². The fraction of sp³-hybridized carbons (Fsp3) is 0.533. The van der Waals surface area contributed by atoms with Crippen molar-refractivity contribution in [3.63, 3.8) is 0 Å². The van der Waals surface area contributed by atoms with Crippen molar-refractivity contribution in [1.82, 2.24) is 4.31 Å². The van der Waals surface area contributed by atoms with Crippen LogP contribution in [0.25, 0.3) is 0 Å². The molecule has 21 heavy (non-hydrogen) atoms. The molecule has 114 valence electrons. The van der Waals surface area contributed by atoms with Gasteiger partial charge < -0.3 is 5.73 Å². The zero-order chi connectivity index (χ0) is 15.5. The lowest BCUT2D eigenvalue weighted by Gasteiger charge is -2.34. The van der Waals surface area contributed by atoms with Gasteiger partial charge in [0.1, 0.15) is 0 Å². The Labute approximate surface area is 126 Å². The average Bonchev–Trinajstić information content (AvgIpc) is 2.47. The normalized spacial score (nSPS) is 20.1. The molecule has 0 spiro atoms. The minimum absolute atomic E-state index is 0.0104. The highest BCUT2D eigenvalue weighted by Crippen LogP contribution is 2.28. The van der Waals surface area contributed by atoms with Crippen LogP contribution in [0.15, 0.2) is 23.1 Å². The molecule has 1 aromatic rings. The van der Waals surface area contributed by atoms with Gasteiger partial charge in [-0.15, -0.1) is 0 Å². The first-order valence-corrected chi connectivity index (χ1v) is 8.67. The first-order valence-electron chi connectivity index (χ1n) is 7.23. The predicted molar refractivity (Wildman–Crippen MR) is 81.1 cm³/mol. The van der Waals surface area contributed by atoms with E-state index >= 15 is 0 Å². The van der Waals surface area contributed by atoms with Gasteiger partial charge in [-0.1, -0.05) is 6.42 Å². The SMILES string of the molecule is Cc1cc(C#N)ccc1S(=O)(=O)N1CCCCC1CCN. The largest absolute Gasteiger partial charge is 0.330 e. The zero-order valence-corrected chi connectivity index (χ0v) is 13.1. The van der Waals surface area contributed by atoms with E-state index in [2.05, 4.69) is 0 Å². The van der Waals surface area contributed by atoms with E-state index in [1.54, 1.807) is 23.4 Å². The number of rotatable bonds is 4. The minimum Gasteiger partial charge on any atom is -0.330 e. The highest BCUT2D eigenvalue weighted by molar-refractivity contribution is 7.89. The van der Waals surface area contributed by atoms with E-state index in [1.807, 2.05) is 6.07 Å². The maximum Gasteiger partial charge on any atom is 0.243 e. The fourth-order valence-corrected chi connectivity index (χ4v) is 4.84. The number of nitrogens with two attached hydrogens (primary N) is 1. The third-order valence-electron chi connectivity index (χ3n) is 3.96. The number of sulfonamides is 1. The minimum atomic E-state index is -3.52. The number of nitrogens with zero attached hydrogens (tertiary/aromatic N) is 2. The predicted octanol–water partition coefficient (Wildman–Crippen LogP) is 1.76. The Morgan fingerprint density at radius 3 is 2.81 bits per heavy atom. The van der Waals surface area contributed by atoms with E-state index in [-0.39, 0.29) is 6.04 Å². The van der Waals surface area contributed by atoms with E-state index in [9.17, 15) is 8.42 Å². The van der Waals surface area contributed by atoms with Crippen LogP contribution in [0.5, 0.6) is 0 Å². The smallest absolute Gasteiger partial charge is 0.243 e. The molecule has 0 radical (unpaired) electrons. The van der Waals surface area contributed by atoms with E-state index in [1.165, 1.54) is 6.07 Å². The van der Waals surface area contributed by atoms with E-state index in [4.69, 9.17) is 11.0 Å². The molecule has 0 amide bonds. The van der Waals surface area contributed by atoms with E-state index in [0.29, 0.717) is 35.5 Å². The summed E-state index contributed by atoms with van der Waals surface area (Å²) >= 11 is 0. The van der Waals surface area contributed by atoms with Gasteiger partial charge >= 0.3 is 0 Å². The van der Waals surface area contributed by atoms with Gasteiger partial charge in [-0.2, -0.15) is 9.57 Å². The Bertz CT molecular complexity index is 647. The third kappa shape index (κ3) is 3.26. The first kappa shape index (κ1) is 16.0. The molecular formula is C15H21N3O2S. The Kier molecular flexibility index (Phi) is 4.99. The molecule has 1 fully saturated rings. The molecule has 1 saturated heterocycles. The molecule has 2 N–H and O–H groups in total. The molecule has 1 heterocycles. The first-order chi connectivity index (χ1) is 10.0. The molecule has 0 saturated carbocycles. The molecule has 0 bridgehead atoms. The summed E-state index contributed by atoms with van der Waals surface area (Å²) in [6.07, 6.45) is 3.49. The van der Waals surface area contributed by atoms with Crippen molar-refractivity contribution in [3.8, 4) is 6.07 Å². The second-order valence-electron chi connectivity index (χ2n) is 5.43. The van der Waals surface area contributed by atoms with Crippen molar-refractivity contribution in [2.24, 2.45) is 5.73 Å². The lowest BCUT2D eigenvalue weighted by molar-refractivity contribution is 0.243. The summed E-state index contributed by atoms with van der Waals surface area (Å²) in [5.74, 6) is 0. The zero-order valence-electron chi connectivity index (χ0n) is 12.2. The molecule has 1 aromatic carbocycles. The molecule has 6 heteroatoms. The van der Waals surface area contributed by atoms with Crippen LogP contribution in [0.4, 0.5) is 0 Å². The number of nitriles is 1. The van der Waals surface area contributed by atoms with E-state index < -0.39 is 10.0 Å². The standard InChI is InChI=1S/C15H21N3O2S/c1-12-10-13(11-17)5-6-15(12)21(19,20)18-9-3-2-4-14(18)7-8-16/h5-6,10,14H,2-4,7-9,16H2,1H3. The van der Waals surface area contributed by atoms with Gasteiger partial charge in [-0.25, -0.2) is 8.42 Å². The van der Waals surface area contributed by atoms with Crippen LogP contribution in [0, 0.1) is 18.3 Å². The van der Waals surface area contributed by atoms with Crippen molar-refractivity contribution in [2.45, 2.75) is 43.5 Å². The molecule has 1 unspecified atom stereocenters. The second kappa shape index (κ2) is 6.56. The molecule has 0 aliphatic carbocycles. The molecule has 5 nitrogen and oxygen atoms in total. The molecule has 0 aromatic heterocycles. The molecule has 1 aliphatic rings. The van der Waals surface area contributed by atoms with Crippen molar-refractivity contribution in [1.29, 1.82) is 5.26 Å². The number of aryl methyl sites for hydroxylation is 1. The monoisotopic (exact) mass is 307 g/mol. The number of hydrogen-bond donors (Lipinski definition) is 1.